The molecule has 0 heterocycles. The van der Waals surface area contributed by atoms with Crippen LogP contribution in [0.3, 0.4) is 0 Å². The second-order valence-electron chi connectivity index (χ2n) is 2.84. The molecule has 2 nitrogen and oxygen atoms in total. The molecule has 0 fully saturated rings. The monoisotopic (exact) mass is 293 g/mol. The topological polar surface area (TPSA) is 12.5 Å². The molecule has 0 aliphatic carbocycles. The highest BCUT2D eigenvalue weighted by molar-refractivity contribution is 9.10. The number of ether oxygens (including phenoxy) is 1. The minimum absolute atomic E-state index is 0.416. The van der Waals surface area contributed by atoms with Crippen LogP contribution in [0.2, 0.25) is 5.02 Å². The molecule has 0 saturated carbocycles. The van der Waals surface area contributed by atoms with Crippen LogP contribution in [0.4, 0.5) is 0 Å². The highest BCUT2D eigenvalue weighted by atomic mass is 79.9. The molecule has 5 heteroatoms. The summed E-state index contributed by atoms with van der Waals surface area (Å²) >= 11 is 14.1. The lowest BCUT2D eigenvalue weighted by Crippen LogP contribution is -2.24. The van der Waals surface area contributed by atoms with Crippen LogP contribution in [-0.4, -0.2) is 24.2 Å². The lowest BCUT2D eigenvalue weighted by atomic mass is 10.3. The smallest absolute Gasteiger partial charge is 0.264 e. The summed E-state index contributed by atoms with van der Waals surface area (Å²) in [7, 11) is 3.65. The quantitative estimate of drug-likeness (QED) is 0.737. The Morgan fingerprint density at radius 3 is 2.64 bits per heavy atom. The fourth-order valence-corrected chi connectivity index (χ4v) is 1.30. The van der Waals surface area contributed by atoms with Crippen LogP contribution in [0.15, 0.2) is 22.7 Å². The average Bonchev–Trinajstić information content (AvgIpc) is 2.11. The highest BCUT2D eigenvalue weighted by Gasteiger charge is 2.04. The molecule has 14 heavy (non-hydrogen) atoms. The lowest BCUT2D eigenvalue weighted by Gasteiger charge is -2.14. The number of hydrogen-bond donors (Lipinski definition) is 0. The summed E-state index contributed by atoms with van der Waals surface area (Å²) in [6, 6.07) is 5.29. The minimum atomic E-state index is 0.416. The van der Waals surface area contributed by atoms with E-state index in [-0.39, 0.29) is 0 Å². The summed E-state index contributed by atoms with van der Waals surface area (Å²) in [5, 5.41) is 1.06. The zero-order valence-electron chi connectivity index (χ0n) is 7.75. The number of nitrogens with zero attached hydrogens (tertiary/aromatic N) is 1. The van der Waals surface area contributed by atoms with E-state index < -0.39 is 0 Å². The van der Waals surface area contributed by atoms with Gasteiger partial charge in [-0.15, -0.1) is 0 Å². The van der Waals surface area contributed by atoms with Crippen LogP contribution in [0.5, 0.6) is 5.75 Å². The lowest BCUT2D eigenvalue weighted by molar-refractivity contribution is 0.449. The van der Waals surface area contributed by atoms with Crippen molar-refractivity contribution >= 4 is 44.9 Å². The van der Waals surface area contributed by atoms with Crippen molar-refractivity contribution in [3.05, 3.63) is 27.7 Å². The minimum Gasteiger partial charge on any atom is -0.432 e. The van der Waals surface area contributed by atoms with Gasteiger partial charge in [0, 0.05) is 18.6 Å². The van der Waals surface area contributed by atoms with Gasteiger partial charge >= 0.3 is 0 Å². The fraction of sp³-hybridized carbons (Fsp3) is 0.222. The van der Waals surface area contributed by atoms with Gasteiger partial charge in [0.25, 0.3) is 5.17 Å². The van der Waals surface area contributed by atoms with E-state index in [0.717, 1.165) is 4.47 Å². The molecule has 0 bridgehead atoms. The molecule has 0 aliphatic heterocycles. The van der Waals surface area contributed by atoms with E-state index >= 15 is 0 Å². The van der Waals surface area contributed by atoms with Gasteiger partial charge < -0.3 is 9.64 Å². The summed E-state index contributed by atoms with van der Waals surface area (Å²) in [5.41, 5.74) is 0. The van der Waals surface area contributed by atoms with Crippen LogP contribution < -0.4 is 4.74 Å². The van der Waals surface area contributed by atoms with Gasteiger partial charge in [-0.25, -0.2) is 0 Å². The second-order valence-corrected chi connectivity index (χ2v) is 4.45. The average molecular weight is 295 g/mol. The second kappa shape index (κ2) is 4.96. The van der Waals surface area contributed by atoms with Crippen molar-refractivity contribution in [3.8, 4) is 5.75 Å². The molecule has 0 spiro atoms. The van der Waals surface area contributed by atoms with Crippen LogP contribution >= 0.6 is 39.7 Å². The first-order valence-electron chi connectivity index (χ1n) is 3.85. The molecule has 0 unspecified atom stereocenters. The van der Waals surface area contributed by atoms with Gasteiger partial charge in [-0.2, -0.15) is 0 Å². The third-order valence-corrected chi connectivity index (χ3v) is 3.12. The Morgan fingerprint density at radius 1 is 1.50 bits per heavy atom. The molecule has 1 rings (SSSR count). The Bertz CT molecular complexity index is 357. The number of rotatable bonds is 1. The van der Waals surface area contributed by atoms with Gasteiger partial charge in [0.2, 0.25) is 0 Å². The third kappa shape index (κ3) is 3.12. The largest absolute Gasteiger partial charge is 0.432 e. The fourth-order valence-electron chi connectivity index (χ4n) is 0.732. The van der Waals surface area contributed by atoms with Gasteiger partial charge in [-0.1, -0.05) is 11.6 Å². The van der Waals surface area contributed by atoms with E-state index in [0.29, 0.717) is 15.9 Å². The highest BCUT2D eigenvalue weighted by Crippen LogP contribution is 2.26. The first-order chi connectivity index (χ1) is 6.50. The van der Waals surface area contributed by atoms with Gasteiger partial charge in [0.15, 0.2) is 0 Å². The van der Waals surface area contributed by atoms with Crippen molar-refractivity contribution in [3.63, 3.8) is 0 Å². The van der Waals surface area contributed by atoms with Crippen LogP contribution in [0.1, 0.15) is 0 Å². The predicted molar refractivity (Wildman–Crippen MR) is 66.1 cm³/mol. The summed E-state index contributed by atoms with van der Waals surface area (Å²) < 4.78 is 6.17. The van der Waals surface area contributed by atoms with Gasteiger partial charge in [0.05, 0.1) is 5.02 Å². The number of benzene rings is 1. The van der Waals surface area contributed by atoms with Crippen LogP contribution in [0.25, 0.3) is 0 Å². The molecule has 0 N–H and O–H groups in total. The third-order valence-electron chi connectivity index (χ3n) is 1.46. The van der Waals surface area contributed by atoms with E-state index in [1.54, 1.807) is 23.1 Å². The standard InChI is InChI=1S/C9H9BrClNOS/c1-12(2)9(14)13-6-3-4-8(11)7(10)5-6/h3-5H,1-2H3. The SMILES string of the molecule is CN(C)C(=S)Oc1ccc(Cl)c(Br)c1. The molecule has 76 valence electrons. The summed E-state index contributed by atoms with van der Waals surface area (Å²) in [6.07, 6.45) is 0. The Kier molecular flexibility index (Phi) is 4.16. The number of hydrogen-bond acceptors (Lipinski definition) is 2. The maximum Gasteiger partial charge on any atom is 0.264 e. The van der Waals surface area contributed by atoms with E-state index in [2.05, 4.69) is 15.9 Å². The van der Waals surface area contributed by atoms with Crippen LogP contribution in [0, 0.1) is 0 Å². The summed E-state index contributed by atoms with van der Waals surface area (Å²) in [4.78, 5) is 1.72. The molecule has 1 aromatic rings. The first-order valence-corrected chi connectivity index (χ1v) is 5.43. The molecule has 1 aromatic carbocycles. The zero-order valence-corrected chi connectivity index (χ0v) is 10.9. The Hall–Kier alpha value is -0.320. The van der Waals surface area contributed by atoms with Crippen LogP contribution in [-0.2, 0) is 0 Å². The van der Waals surface area contributed by atoms with Crippen molar-refractivity contribution in [1.82, 2.24) is 4.90 Å². The maximum atomic E-state index is 5.83. The summed E-state index contributed by atoms with van der Waals surface area (Å²) in [6.45, 7) is 0. The van der Waals surface area contributed by atoms with E-state index in [1.165, 1.54) is 0 Å². The van der Waals surface area contributed by atoms with Gasteiger partial charge in [-0.3, -0.25) is 0 Å². The van der Waals surface area contributed by atoms with E-state index in [4.69, 9.17) is 28.6 Å². The van der Waals surface area contributed by atoms with Crippen molar-refractivity contribution in [1.29, 1.82) is 0 Å². The van der Waals surface area contributed by atoms with Crippen molar-refractivity contribution in [2.75, 3.05) is 14.1 Å². The van der Waals surface area contributed by atoms with Crippen molar-refractivity contribution in [2.45, 2.75) is 0 Å². The molecule has 0 radical (unpaired) electrons. The molecule has 0 aromatic heterocycles. The first kappa shape index (κ1) is 11.8. The molecular weight excluding hydrogens is 286 g/mol. The normalized spacial score (nSPS) is 9.71. The number of halogens is 2. The van der Waals surface area contributed by atoms with E-state index in [9.17, 15) is 0 Å². The van der Waals surface area contributed by atoms with Gasteiger partial charge in [0.1, 0.15) is 5.75 Å². The Labute approximate surface area is 102 Å². The zero-order chi connectivity index (χ0) is 10.7. The molecule has 0 amide bonds. The maximum absolute atomic E-state index is 5.83. The van der Waals surface area contributed by atoms with Crippen molar-refractivity contribution < 1.29 is 4.74 Å². The predicted octanol–water partition coefficient (Wildman–Crippen LogP) is 3.33. The van der Waals surface area contributed by atoms with Crippen molar-refractivity contribution in [2.24, 2.45) is 0 Å². The Balaban J connectivity index is 2.78. The molecule has 0 saturated heterocycles. The van der Waals surface area contributed by atoms with Gasteiger partial charge in [-0.05, 0) is 46.3 Å². The number of thiocarbonyl (C=S) groups is 1. The Morgan fingerprint density at radius 2 is 2.14 bits per heavy atom. The molecule has 0 atom stereocenters. The molecular formula is C9H9BrClNOS. The van der Waals surface area contributed by atoms with E-state index in [1.807, 2.05) is 14.1 Å². The summed E-state index contributed by atoms with van der Waals surface area (Å²) in [5.74, 6) is 0.667. The molecule has 0 aliphatic rings.